The maximum Gasteiger partial charge on any atom is 0.261 e. The third-order valence-electron chi connectivity index (χ3n) is 2.20. The highest BCUT2D eigenvalue weighted by molar-refractivity contribution is 7.12. The van der Waals surface area contributed by atoms with E-state index in [2.05, 4.69) is 10.4 Å². The highest BCUT2D eigenvalue weighted by atomic mass is 32.1. The van der Waals surface area contributed by atoms with E-state index in [1.165, 1.54) is 11.3 Å². The number of hydrogen-bond donors (Lipinski definition) is 1. The second-order valence-corrected chi connectivity index (χ2v) is 4.45. The molecule has 16 heavy (non-hydrogen) atoms. The zero-order valence-electron chi connectivity index (χ0n) is 9.01. The Labute approximate surface area is 97.9 Å². The molecule has 1 N–H and O–H groups in total. The molecule has 2 aromatic rings. The van der Waals surface area contributed by atoms with Crippen LogP contribution in [0.2, 0.25) is 0 Å². The van der Waals surface area contributed by atoms with Gasteiger partial charge < -0.3 is 5.32 Å². The molecular formula is C11H13N3OS. The summed E-state index contributed by atoms with van der Waals surface area (Å²) >= 11 is 1.45. The van der Waals surface area contributed by atoms with Crippen molar-refractivity contribution in [3.05, 3.63) is 40.3 Å². The monoisotopic (exact) mass is 235 g/mol. The van der Waals surface area contributed by atoms with E-state index in [0.29, 0.717) is 6.54 Å². The lowest BCUT2D eigenvalue weighted by atomic mass is 10.2. The minimum atomic E-state index is -0.00103. The van der Waals surface area contributed by atoms with Crippen molar-refractivity contribution in [2.24, 2.45) is 7.05 Å². The number of thiophene rings is 1. The first-order valence-electron chi connectivity index (χ1n) is 5.05. The highest BCUT2D eigenvalue weighted by Gasteiger charge is 2.05. The van der Waals surface area contributed by atoms with Gasteiger partial charge in [-0.2, -0.15) is 5.10 Å². The molecule has 0 fully saturated rings. The number of rotatable bonds is 4. The number of nitrogens with one attached hydrogen (secondary N) is 1. The van der Waals surface area contributed by atoms with Crippen molar-refractivity contribution in [1.82, 2.24) is 15.1 Å². The van der Waals surface area contributed by atoms with E-state index in [4.69, 9.17) is 0 Å². The van der Waals surface area contributed by atoms with Crippen LogP contribution in [0.4, 0.5) is 0 Å². The largest absolute Gasteiger partial charge is 0.351 e. The fourth-order valence-corrected chi connectivity index (χ4v) is 2.06. The molecule has 1 amide bonds. The topological polar surface area (TPSA) is 46.9 Å². The van der Waals surface area contributed by atoms with Gasteiger partial charge in [-0.3, -0.25) is 9.48 Å². The molecule has 0 aromatic carbocycles. The number of carbonyl (C=O) groups excluding carboxylic acids is 1. The summed E-state index contributed by atoms with van der Waals surface area (Å²) in [7, 11) is 1.88. The fraction of sp³-hybridized carbons (Fsp3) is 0.273. The van der Waals surface area contributed by atoms with E-state index in [0.717, 1.165) is 16.9 Å². The number of aryl methyl sites for hydroxylation is 1. The molecule has 0 aliphatic rings. The van der Waals surface area contributed by atoms with Gasteiger partial charge in [-0.25, -0.2) is 0 Å². The van der Waals surface area contributed by atoms with Crippen LogP contribution in [0.3, 0.4) is 0 Å². The van der Waals surface area contributed by atoms with E-state index in [9.17, 15) is 4.79 Å². The van der Waals surface area contributed by atoms with Crippen molar-refractivity contribution in [3.63, 3.8) is 0 Å². The molecule has 0 aliphatic heterocycles. The first-order valence-corrected chi connectivity index (χ1v) is 5.93. The number of nitrogens with zero attached hydrogens (tertiary/aromatic N) is 2. The average molecular weight is 235 g/mol. The molecule has 0 saturated heterocycles. The molecule has 2 heterocycles. The predicted molar refractivity (Wildman–Crippen MR) is 63.6 cm³/mol. The normalized spacial score (nSPS) is 10.3. The Balaban J connectivity index is 1.78. The SMILES string of the molecule is Cn1cc(CCNC(=O)c2cccs2)cn1. The minimum absolute atomic E-state index is 0.00103. The van der Waals surface area contributed by atoms with Crippen LogP contribution in [0.1, 0.15) is 15.2 Å². The van der Waals surface area contributed by atoms with Gasteiger partial charge in [0.05, 0.1) is 11.1 Å². The maximum atomic E-state index is 11.6. The molecule has 0 spiro atoms. The van der Waals surface area contributed by atoms with Crippen LogP contribution in [0.15, 0.2) is 29.9 Å². The molecule has 2 aromatic heterocycles. The zero-order valence-corrected chi connectivity index (χ0v) is 9.83. The molecule has 4 nitrogen and oxygen atoms in total. The lowest BCUT2D eigenvalue weighted by Gasteiger charge is -2.01. The summed E-state index contributed by atoms with van der Waals surface area (Å²) in [6.45, 7) is 0.641. The number of amides is 1. The second kappa shape index (κ2) is 4.94. The molecule has 0 unspecified atom stereocenters. The van der Waals surface area contributed by atoms with Crippen LogP contribution in [-0.2, 0) is 13.5 Å². The Morgan fingerprint density at radius 1 is 1.62 bits per heavy atom. The van der Waals surface area contributed by atoms with Crippen molar-refractivity contribution < 1.29 is 4.79 Å². The molecule has 0 bridgehead atoms. The fourth-order valence-electron chi connectivity index (χ4n) is 1.42. The standard InChI is InChI=1S/C11H13N3OS/c1-14-8-9(7-13-14)4-5-12-11(15)10-3-2-6-16-10/h2-3,6-8H,4-5H2,1H3,(H,12,15). The lowest BCUT2D eigenvalue weighted by Crippen LogP contribution is -2.24. The summed E-state index contributed by atoms with van der Waals surface area (Å²) in [6.07, 6.45) is 4.58. The molecule has 0 saturated carbocycles. The van der Waals surface area contributed by atoms with Crippen LogP contribution in [0.25, 0.3) is 0 Å². The summed E-state index contributed by atoms with van der Waals surface area (Å²) in [5.41, 5.74) is 1.13. The predicted octanol–water partition coefficient (Wildman–Crippen LogP) is 1.45. The number of aromatic nitrogens is 2. The second-order valence-electron chi connectivity index (χ2n) is 3.51. The first kappa shape index (κ1) is 10.9. The van der Waals surface area contributed by atoms with Crippen LogP contribution >= 0.6 is 11.3 Å². The van der Waals surface area contributed by atoms with Crippen LogP contribution in [-0.4, -0.2) is 22.2 Å². The first-order chi connectivity index (χ1) is 7.75. The summed E-state index contributed by atoms with van der Waals surface area (Å²) < 4.78 is 1.76. The number of hydrogen-bond acceptors (Lipinski definition) is 3. The van der Waals surface area contributed by atoms with Gasteiger partial charge in [-0.15, -0.1) is 11.3 Å². The summed E-state index contributed by atoms with van der Waals surface area (Å²) in [6, 6.07) is 3.70. The molecule has 84 valence electrons. The minimum Gasteiger partial charge on any atom is -0.351 e. The summed E-state index contributed by atoms with van der Waals surface area (Å²) in [4.78, 5) is 12.3. The summed E-state index contributed by atoms with van der Waals surface area (Å²) in [5.74, 6) is -0.00103. The molecule has 5 heteroatoms. The summed E-state index contributed by atoms with van der Waals surface area (Å²) in [5, 5.41) is 8.85. The lowest BCUT2D eigenvalue weighted by molar-refractivity contribution is 0.0958. The average Bonchev–Trinajstić information content (AvgIpc) is 2.89. The Morgan fingerprint density at radius 2 is 2.50 bits per heavy atom. The Kier molecular flexibility index (Phi) is 3.36. The van der Waals surface area contributed by atoms with E-state index in [1.807, 2.05) is 37.0 Å². The van der Waals surface area contributed by atoms with Gasteiger partial charge in [-0.05, 0) is 23.4 Å². The van der Waals surface area contributed by atoms with Crippen molar-refractivity contribution in [3.8, 4) is 0 Å². The third kappa shape index (κ3) is 2.70. The van der Waals surface area contributed by atoms with Gasteiger partial charge in [0.25, 0.3) is 5.91 Å². The van der Waals surface area contributed by atoms with Crippen LogP contribution < -0.4 is 5.32 Å². The molecule has 2 rings (SSSR count). The molecule has 0 atom stereocenters. The Morgan fingerprint density at radius 3 is 3.12 bits per heavy atom. The van der Waals surface area contributed by atoms with Gasteiger partial charge in [0.2, 0.25) is 0 Å². The maximum absolute atomic E-state index is 11.6. The van der Waals surface area contributed by atoms with Gasteiger partial charge in [0, 0.05) is 19.8 Å². The van der Waals surface area contributed by atoms with E-state index < -0.39 is 0 Å². The van der Waals surface area contributed by atoms with E-state index in [-0.39, 0.29) is 5.91 Å². The van der Waals surface area contributed by atoms with Crippen molar-refractivity contribution >= 4 is 17.2 Å². The molecular weight excluding hydrogens is 222 g/mol. The zero-order chi connectivity index (χ0) is 11.4. The van der Waals surface area contributed by atoms with Gasteiger partial charge in [0.15, 0.2) is 0 Å². The van der Waals surface area contributed by atoms with Crippen LogP contribution in [0.5, 0.6) is 0 Å². The quantitative estimate of drug-likeness (QED) is 0.872. The van der Waals surface area contributed by atoms with Gasteiger partial charge in [-0.1, -0.05) is 6.07 Å². The van der Waals surface area contributed by atoms with Gasteiger partial charge >= 0.3 is 0 Å². The molecule has 0 radical (unpaired) electrons. The highest BCUT2D eigenvalue weighted by Crippen LogP contribution is 2.07. The van der Waals surface area contributed by atoms with E-state index in [1.54, 1.807) is 4.68 Å². The van der Waals surface area contributed by atoms with Gasteiger partial charge in [0.1, 0.15) is 0 Å². The van der Waals surface area contributed by atoms with Crippen molar-refractivity contribution in [1.29, 1.82) is 0 Å². The smallest absolute Gasteiger partial charge is 0.261 e. The van der Waals surface area contributed by atoms with E-state index >= 15 is 0 Å². The Bertz CT molecular complexity index is 461. The number of carbonyl (C=O) groups is 1. The third-order valence-corrected chi connectivity index (χ3v) is 3.07. The van der Waals surface area contributed by atoms with Crippen molar-refractivity contribution in [2.45, 2.75) is 6.42 Å². The molecule has 0 aliphatic carbocycles. The van der Waals surface area contributed by atoms with Crippen LogP contribution in [0, 0.1) is 0 Å². The van der Waals surface area contributed by atoms with Crippen molar-refractivity contribution in [2.75, 3.05) is 6.54 Å². The Hall–Kier alpha value is -1.62.